The summed E-state index contributed by atoms with van der Waals surface area (Å²) in [6.07, 6.45) is 1.000. The van der Waals surface area contributed by atoms with E-state index in [0.717, 1.165) is 5.56 Å². The predicted molar refractivity (Wildman–Crippen MR) is 96.0 cm³/mol. The highest BCUT2D eigenvalue weighted by molar-refractivity contribution is 5.80. The Balaban J connectivity index is 1.70. The van der Waals surface area contributed by atoms with E-state index in [1.165, 1.54) is 0 Å². The molecule has 0 bridgehead atoms. The number of aryl methyl sites for hydroxylation is 1. The van der Waals surface area contributed by atoms with Gasteiger partial charge in [0.2, 0.25) is 11.8 Å². The molecule has 0 unspecified atom stereocenters. The van der Waals surface area contributed by atoms with E-state index in [1.54, 1.807) is 9.80 Å². The average Bonchev–Trinajstić information content (AvgIpc) is 2.67. The van der Waals surface area contributed by atoms with Crippen LogP contribution in [0.3, 0.4) is 0 Å². The van der Waals surface area contributed by atoms with Crippen LogP contribution in [-0.2, 0) is 14.4 Å². The third kappa shape index (κ3) is 5.73. The molecule has 1 aliphatic heterocycles. The maximum Gasteiger partial charge on any atom is 0.260 e. The van der Waals surface area contributed by atoms with Crippen molar-refractivity contribution in [2.45, 2.75) is 26.2 Å². The van der Waals surface area contributed by atoms with Crippen LogP contribution in [0.25, 0.3) is 0 Å². The zero-order valence-electron chi connectivity index (χ0n) is 15.1. The first kappa shape index (κ1) is 19.7. The predicted octanol–water partition coefficient (Wildman–Crippen LogP) is 0.205. The van der Waals surface area contributed by atoms with Crippen LogP contribution in [-0.4, -0.2) is 60.3 Å². The van der Waals surface area contributed by atoms with E-state index in [0.29, 0.717) is 44.8 Å². The number of piperazine rings is 1. The number of para-hydroxylation sites is 1. The number of benzene rings is 1. The quantitative estimate of drug-likeness (QED) is 0.410. The van der Waals surface area contributed by atoms with Crippen LogP contribution < -0.4 is 16.0 Å². The van der Waals surface area contributed by atoms with E-state index < -0.39 is 0 Å². The SMILES string of the molecule is Cc1ccccc1OCC(=O)N1CCN(C(=O)CCCC(=O)NN)CC1. The van der Waals surface area contributed by atoms with Crippen molar-refractivity contribution in [2.24, 2.45) is 5.84 Å². The lowest BCUT2D eigenvalue weighted by Gasteiger charge is -2.34. The minimum Gasteiger partial charge on any atom is -0.484 e. The number of amides is 3. The van der Waals surface area contributed by atoms with Crippen molar-refractivity contribution >= 4 is 17.7 Å². The molecule has 3 amide bonds. The second-order valence-electron chi connectivity index (χ2n) is 6.24. The molecular weight excluding hydrogens is 336 g/mol. The van der Waals surface area contributed by atoms with Gasteiger partial charge in [-0.3, -0.25) is 19.8 Å². The van der Waals surface area contributed by atoms with Crippen LogP contribution in [0.4, 0.5) is 0 Å². The van der Waals surface area contributed by atoms with Gasteiger partial charge in [0, 0.05) is 39.0 Å². The van der Waals surface area contributed by atoms with Crippen LogP contribution >= 0.6 is 0 Å². The van der Waals surface area contributed by atoms with E-state index in [-0.39, 0.29) is 30.7 Å². The van der Waals surface area contributed by atoms with Crippen LogP contribution in [0.1, 0.15) is 24.8 Å². The molecule has 1 heterocycles. The number of hydrogen-bond donors (Lipinski definition) is 2. The lowest BCUT2D eigenvalue weighted by Crippen LogP contribution is -2.51. The Morgan fingerprint density at radius 3 is 2.27 bits per heavy atom. The number of hydrogen-bond acceptors (Lipinski definition) is 5. The van der Waals surface area contributed by atoms with Gasteiger partial charge in [-0.15, -0.1) is 0 Å². The maximum absolute atomic E-state index is 12.3. The average molecular weight is 362 g/mol. The number of carbonyl (C=O) groups is 3. The van der Waals surface area contributed by atoms with Crippen molar-refractivity contribution in [2.75, 3.05) is 32.8 Å². The second-order valence-corrected chi connectivity index (χ2v) is 6.24. The van der Waals surface area contributed by atoms with Gasteiger partial charge in [0.15, 0.2) is 6.61 Å². The Kier molecular flexibility index (Phi) is 7.40. The summed E-state index contributed by atoms with van der Waals surface area (Å²) in [4.78, 5) is 38.9. The third-order valence-electron chi connectivity index (χ3n) is 4.39. The molecule has 2 rings (SSSR count). The zero-order valence-corrected chi connectivity index (χ0v) is 15.1. The van der Waals surface area contributed by atoms with Crippen molar-refractivity contribution < 1.29 is 19.1 Å². The molecule has 8 heteroatoms. The first-order chi connectivity index (χ1) is 12.5. The first-order valence-corrected chi connectivity index (χ1v) is 8.74. The van der Waals surface area contributed by atoms with Crippen LogP contribution in [0.5, 0.6) is 5.75 Å². The van der Waals surface area contributed by atoms with E-state index in [1.807, 2.05) is 36.6 Å². The minimum atomic E-state index is -0.276. The van der Waals surface area contributed by atoms with Crippen LogP contribution in [0.2, 0.25) is 0 Å². The van der Waals surface area contributed by atoms with Crippen molar-refractivity contribution in [3.63, 3.8) is 0 Å². The van der Waals surface area contributed by atoms with Gasteiger partial charge in [0.25, 0.3) is 5.91 Å². The molecule has 0 radical (unpaired) electrons. The lowest BCUT2D eigenvalue weighted by molar-refractivity contribution is -0.140. The summed E-state index contributed by atoms with van der Waals surface area (Å²) in [7, 11) is 0. The largest absolute Gasteiger partial charge is 0.484 e. The highest BCUT2D eigenvalue weighted by atomic mass is 16.5. The van der Waals surface area contributed by atoms with Gasteiger partial charge in [-0.05, 0) is 25.0 Å². The Bertz CT molecular complexity index is 642. The number of carbonyl (C=O) groups excluding carboxylic acids is 3. The summed E-state index contributed by atoms with van der Waals surface area (Å²) in [6, 6.07) is 7.56. The second kappa shape index (κ2) is 9.76. The van der Waals surface area contributed by atoms with E-state index >= 15 is 0 Å². The Morgan fingerprint density at radius 2 is 1.65 bits per heavy atom. The number of nitrogens with two attached hydrogens (primary N) is 1. The molecule has 3 N–H and O–H groups in total. The summed E-state index contributed by atoms with van der Waals surface area (Å²) < 4.78 is 5.59. The number of ether oxygens (including phenoxy) is 1. The summed E-state index contributed by atoms with van der Waals surface area (Å²) in [6.45, 7) is 3.90. The van der Waals surface area contributed by atoms with E-state index in [9.17, 15) is 14.4 Å². The van der Waals surface area contributed by atoms with Crippen LogP contribution in [0.15, 0.2) is 24.3 Å². The zero-order chi connectivity index (χ0) is 18.9. The number of hydrazine groups is 1. The highest BCUT2D eigenvalue weighted by Gasteiger charge is 2.24. The number of rotatable bonds is 7. The molecule has 0 spiro atoms. The fourth-order valence-electron chi connectivity index (χ4n) is 2.78. The van der Waals surface area contributed by atoms with Gasteiger partial charge < -0.3 is 14.5 Å². The summed E-state index contributed by atoms with van der Waals surface area (Å²) in [5, 5.41) is 0. The fraction of sp³-hybridized carbons (Fsp3) is 0.500. The molecule has 1 aromatic carbocycles. The molecule has 8 nitrogen and oxygen atoms in total. The van der Waals surface area contributed by atoms with Crippen molar-refractivity contribution in [1.82, 2.24) is 15.2 Å². The molecule has 0 aliphatic carbocycles. The van der Waals surface area contributed by atoms with Crippen molar-refractivity contribution in [3.8, 4) is 5.75 Å². The highest BCUT2D eigenvalue weighted by Crippen LogP contribution is 2.16. The lowest BCUT2D eigenvalue weighted by atomic mass is 10.2. The smallest absolute Gasteiger partial charge is 0.260 e. The molecule has 0 saturated carbocycles. The molecule has 1 aliphatic rings. The number of nitrogens with zero attached hydrogens (tertiary/aromatic N) is 2. The molecule has 0 aromatic heterocycles. The Labute approximate surface area is 153 Å². The van der Waals surface area contributed by atoms with Crippen molar-refractivity contribution in [3.05, 3.63) is 29.8 Å². The van der Waals surface area contributed by atoms with E-state index in [2.05, 4.69) is 0 Å². The third-order valence-corrected chi connectivity index (χ3v) is 4.39. The molecule has 26 heavy (non-hydrogen) atoms. The molecule has 0 atom stereocenters. The molecule has 142 valence electrons. The first-order valence-electron chi connectivity index (χ1n) is 8.74. The topological polar surface area (TPSA) is 105 Å². The van der Waals surface area contributed by atoms with Gasteiger partial charge >= 0.3 is 0 Å². The van der Waals surface area contributed by atoms with Gasteiger partial charge in [-0.2, -0.15) is 0 Å². The summed E-state index contributed by atoms with van der Waals surface area (Å²) >= 11 is 0. The normalized spacial score (nSPS) is 14.1. The standard InChI is InChI=1S/C18H26N4O4/c1-14-5-2-3-6-15(14)26-13-18(25)22-11-9-21(10-12-22)17(24)8-4-7-16(23)20-19/h2-3,5-6H,4,7-13,19H2,1H3,(H,20,23). The fourth-order valence-corrected chi connectivity index (χ4v) is 2.78. The summed E-state index contributed by atoms with van der Waals surface area (Å²) in [5.41, 5.74) is 3.03. The Hall–Kier alpha value is -2.61. The molecular formula is C18H26N4O4. The Morgan fingerprint density at radius 1 is 1.04 bits per heavy atom. The molecule has 1 aromatic rings. The molecule has 1 fully saturated rings. The van der Waals surface area contributed by atoms with Crippen LogP contribution in [0, 0.1) is 6.92 Å². The van der Waals surface area contributed by atoms with E-state index in [4.69, 9.17) is 10.6 Å². The van der Waals surface area contributed by atoms with Gasteiger partial charge in [-0.1, -0.05) is 18.2 Å². The van der Waals surface area contributed by atoms with Gasteiger partial charge in [0.1, 0.15) is 5.75 Å². The van der Waals surface area contributed by atoms with Gasteiger partial charge in [0.05, 0.1) is 0 Å². The molecule has 1 saturated heterocycles. The maximum atomic E-state index is 12.3. The summed E-state index contributed by atoms with van der Waals surface area (Å²) in [5.74, 6) is 5.35. The van der Waals surface area contributed by atoms with Gasteiger partial charge in [-0.25, -0.2) is 5.84 Å². The minimum absolute atomic E-state index is 0.00178. The van der Waals surface area contributed by atoms with Crippen molar-refractivity contribution in [1.29, 1.82) is 0 Å². The number of nitrogens with one attached hydrogen (secondary N) is 1. The monoisotopic (exact) mass is 362 g/mol.